The van der Waals surface area contributed by atoms with E-state index in [4.69, 9.17) is 0 Å². The maximum atomic E-state index is 12.9. The van der Waals surface area contributed by atoms with Gasteiger partial charge in [-0.25, -0.2) is 0 Å². The van der Waals surface area contributed by atoms with Crippen LogP contribution in [0.15, 0.2) is 36.7 Å². The topological polar surface area (TPSA) is 91.2 Å². The van der Waals surface area contributed by atoms with Gasteiger partial charge in [-0.1, -0.05) is 0 Å². The fourth-order valence-electron chi connectivity index (χ4n) is 3.70. The van der Waals surface area contributed by atoms with Crippen LogP contribution in [0.5, 0.6) is 5.75 Å². The fraction of sp³-hybridized carbons (Fsp3) is 0.350. The van der Waals surface area contributed by atoms with E-state index in [-0.39, 0.29) is 23.4 Å². The zero-order valence-corrected chi connectivity index (χ0v) is 15.3. The molecule has 0 amide bonds. The molecule has 9 heteroatoms. The molecule has 1 aliphatic rings. The third-order valence-electron chi connectivity index (χ3n) is 5.15. The predicted molar refractivity (Wildman–Crippen MR) is 101 cm³/mol. The normalized spacial score (nSPS) is 20.0. The van der Waals surface area contributed by atoms with Crippen LogP contribution in [0.1, 0.15) is 31.2 Å². The van der Waals surface area contributed by atoms with Crippen LogP contribution in [0.2, 0.25) is 0 Å². The third kappa shape index (κ3) is 3.95. The van der Waals surface area contributed by atoms with E-state index in [1.54, 1.807) is 12.3 Å². The summed E-state index contributed by atoms with van der Waals surface area (Å²) in [6.45, 7) is 0. The summed E-state index contributed by atoms with van der Waals surface area (Å²) in [5.74, 6) is -0.0213. The molecule has 1 fully saturated rings. The molecule has 1 saturated carbocycles. The number of aromatic nitrogens is 3. The number of hydrogen-bond donors (Lipinski definition) is 3. The number of halogens is 3. The Kier molecular flexibility index (Phi) is 4.99. The number of aliphatic hydroxyl groups is 1. The number of aliphatic hydroxyl groups excluding tert-OH is 1. The summed E-state index contributed by atoms with van der Waals surface area (Å²) >= 11 is 0. The van der Waals surface area contributed by atoms with Gasteiger partial charge >= 0.3 is 6.18 Å². The molecular formula is C20H19F3N4O2. The van der Waals surface area contributed by atoms with E-state index in [0.717, 1.165) is 25.3 Å². The molecule has 0 aliphatic heterocycles. The van der Waals surface area contributed by atoms with Gasteiger partial charge in [-0.3, -0.25) is 4.98 Å². The Hall–Kier alpha value is -2.94. The molecule has 0 saturated heterocycles. The standard InChI is InChI=1S/C20H19F3N4O2/c21-20(22,23)11-4-5-15(17(29)8-11)18-16-10-24-7-6-14(16)19(27-26-18)25-12-2-1-3-13(28)9-12/h4-8,10,12-13,28-29H,1-3,9H2,(H,25,27)/t12-,13+/m1/s1. The summed E-state index contributed by atoms with van der Waals surface area (Å²) in [4.78, 5) is 4.09. The highest BCUT2D eigenvalue weighted by Gasteiger charge is 2.31. The lowest BCUT2D eigenvalue weighted by atomic mass is 9.93. The van der Waals surface area contributed by atoms with Crippen molar-refractivity contribution < 1.29 is 23.4 Å². The maximum Gasteiger partial charge on any atom is 0.416 e. The van der Waals surface area contributed by atoms with Crippen molar-refractivity contribution in [2.75, 3.05) is 5.32 Å². The Bertz CT molecular complexity index is 1040. The second-order valence-electron chi connectivity index (χ2n) is 7.21. The Morgan fingerprint density at radius 2 is 1.90 bits per heavy atom. The highest BCUT2D eigenvalue weighted by atomic mass is 19.4. The van der Waals surface area contributed by atoms with Crippen molar-refractivity contribution in [3.8, 4) is 17.0 Å². The first-order chi connectivity index (χ1) is 13.8. The first-order valence-electron chi connectivity index (χ1n) is 9.28. The molecule has 2 heterocycles. The van der Waals surface area contributed by atoms with Gasteiger partial charge in [0.25, 0.3) is 0 Å². The number of nitrogens with zero attached hydrogens (tertiary/aromatic N) is 3. The number of alkyl halides is 3. The number of benzene rings is 1. The van der Waals surface area contributed by atoms with Crippen molar-refractivity contribution >= 4 is 16.6 Å². The summed E-state index contributed by atoms with van der Waals surface area (Å²) in [5.41, 5.74) is -0.556. The van der Waals surface area contributed by atoms with Gasteiger partial charge in [0.15, 0.2) is 5.82 Å². The number of anilines is 1. The van der Waals surface area contributed by atoms with Crippen LogP contribution in [-0.4, -0.2) is 37.5 Å². The van der Waals surface area contributed by atoms with E-state index in [1.807, 2.05) is 0 Å². The number of pyridine rings is 1. The lowest BCUT2D eigenvalue weighted by Gasteiger charge is -2.27. The second kappa shape index (κ2) is 7.47. The first-order valence-corrected chi connectivity index (χ1v) is 9.28. The number of phenols is 1. The van der Waals surface area contributed by atoms with E-state index in [9.17, 15) is 23.4 Å². The minimum absolute atomic E-state index is 0.0507. The summed E-state index contributed by atoms with van der Waals surface area (Å²) in [6, 6.07) is 4.54. The Labute approximate surface area is 164 Å². The molecule has 4 rings (SSSR count). The van der Waals surface area contributed by atoms with Gasteiger partial charge in [-0.2, -0.15) is 13.2 Å². The van der Waals surface area contributed by atoms with Crippen LogP contribution in [-0.2, 0) is 6.18 Å². The molecule has 1 aromatic carbocycles. The van der Waals surface area contributed by atoms with Crippen molar-refractivity contribution in [3.05, 3.63) is 42.2 Å². The molecule has 0 spiro atoms. The first kappa shape index (κ1) is 19.4. The van der Waals surface area contributed by atoms with Crippen LogP contribution in [0.3, 0.4) is 0 Å². The van der Waals surface area contributed by atoms with Gasteiger partial charge < -0.3 is 15.5 Å². The molecule has 3 aromatic rings. The quantitative estimate of drug-likeness (QED) is 0.608. The lowest BCUT2D eigenvalue weighted by molar-refractivity contribution is -0.137. The average molecular weight is 404 g/mol. The molecule has 3 N–H and O–H groups in total. The number of phenolic OH excluding ortho intramolecular Hbond substituents is 1. The minimum Gasteiger partial charge on any atom is -0.507 e. The summed E-state index contributed by atoms with van der Waals surface area (Å²) in [7, 11) is 0. The van der Waals surface area contributed by atoms with E-state index in [1.165, 1.54) is 12.3 Å². The zero-order chi connectivity index (χ0) is 20.6. The van der Waals surface area contributed by atoms with E-state index < -0.39 is 17.5 Å². The van der Waals surface area contributed by atoms with Gasteiger partial charge in [0.05, 0.1) is 11.7 Å². The SMILES string of the molecule is Oc1cc(C(F)(F)F)ccc1-c1nnc(N[C@@H]2CCC[C@H](O)C2)c2ccncc12. The molecule has 6 nitrogen and oxygen atoms in total. The fourth-order valence-corrected chi connectivity index (χ4v) is 3.70. The van der Waals surface area contributed by atoms with E-state index in [0.29, 0.717) is 29.1 Å². The minimum atomic E-state index is -4.55. The Balaban J connectivity index is 1.74. The average Bonchev–Trinajstić information content (AvgIpc) is 2.68. The number of fused-ring (bicyclic) bond motifs is 1. The molecule has 0 radical (unpaired) electrons. The second-order valence-corrected chi connectivity index (χ2v) is 7.21. The predicted octanol–water partition coefficient (Wildman–Crippen LogP) is 4.13. The maximum absolute atomic E-state index is 12.9. The lowest BCUT2D eigenvalue weighted by Crippen LogP contribution is -2.30. The van der Waals surface area contributed by atoms with Gasteiger partial charge in [0.1, 0.15) is 11.4 Å². The molecule has 2 atom stereocenters. The monoisotopic (exact) mass is 404 g/mol. The van der Waals surface area contributed by atoms with Crippen LogP contribution in [0.4, 0.5) is 19.0 Å². The van der Waals surface area contributed by atoms with Gasteiger partial charge in [-0.15, -0.1) is 10.2 Å². The van der Waals surface area contributed by atoms with Crippen LogP contribution in [0, 0.1) is 0 Å². The van der Waals surface area contributed by atoms with Gasteiger partial charge in [-0.05, 0) is 49.9 Å². The molecule has 0 bridgehead atoms. The number of nitrogens with one attached hydrogen (secondary N) is 1. The molecule has 29 heavy (non-hydrogen) atoms. The van der Waals surface area contributed by atoms with Crippen LogP contribution in [0.25, 0.3) is 22.0 Å². The Morgan fingerprint density at radius 3 is 2.62 bits per heavy atom. The summed E-state index contributed by atoms with van der Waals surface area (Å²) in [5, 5.41) is 33.0. The summed E-state index contributed by atoms with van der Waals surface area (Å²) in [6.07, 6.45) is 1.40. The van der Waals surface area contributed by atoms with Crippen LogP contribution >= 0.6 is 0 Å². The number of rotatable bonds is 3. The molecule has 2 aromatic heterocycles. The zero-order valence-electron chi connectivity index (χ0n) is 15.3. The largest absolute Gasteiger partial charge is 0.507 e. The van der Waals surface area contributed by atoms with Crippen molar-refractivity contribution in [3.63, 3.8) is 0 Å². The number of aromatic hydroxyl groups is 1. The molecule has 0 unspecified atom stereocenters. The molecular weight excluding hydrogens is 385 g/mol. The van der Waals surface area contributed by atoms with Gasteiger partial charge in [0, 0.05) is 34.8 Å². The Morgan fingerprint density at radius 1 is 1.07 bits per heavy atom. The highest BCUT2D eigenvalue weighted by molar-refractivity contribution is 6.00. The van der Waals surface area contributed by atoms with Crippen molar-refractivity contribution in [1.82, 2.24) is 15.2 Å². The van der Waals surface area contributed by atoms with Crippen molar-refractivity contribution in [2.45, 2.75) is 44.0 Å². The molecule has 152 valence electrons. The van der Waals surface area contributed by atoms with Crippen molar-refractivity contribution in [1.29, 1.82) is 0 Å². The third-order valence-corrected chi connectivity index (χ3v) is 5.15. The highest BCUT2D eigenvalue weighted by Crippen LogP contribution is 2.38. The van der Waals surface area contributed by atoms with E-state index in [2.05, 4.69) is 20.5 Å². The summed E-state index contributed by atoms with van der Waals surface area (Å²) < 4.78 is 38.6. The van der Waals surface area contributed by atoms with Crippen LogP contribution < -0.4 is 5.32 Å². The van der Waals surface area contributed by atoms with E-state index >= 15 is 0 Å². The smallest absolute Gasteiger partial charge is 0.416 e. The number of hydrogen-bond acceptors (Lipinski definition) is 6. The van der Waals surface area contributed by atoms with Gasteiger partial charge in [0.2, 0.25) is 0 Å². The van der Waals surface area contributed by atoms with Crippen molar-refractivity contribution in [2.24, 2.45) is 0 Å². The molecule has 1 aliphatic carbocycles.